The van der Waals surface area contributed by atoms with Crippen LogP contribution < -0.4 is 0 Å². The van der Waals surface area contributed by atoms with E-state index in [-0.39, 0.29) is 5.69 Å². The molecule has 0 saturated heterocycles. The SMILES string of the molecule is Cc1cc(Br)cn2c(C(=O)O)cnc12. The average Bonchev–Trinajstić information content (AvgIpc) is 2.47. The van der Waals surface area contributed by atoms with E-state index in [9.17, 15) is 4.79 Å². The number of imidazole rings is 1. The Bertz CT molecular complexity index is 519. The van der Waals surface area contributed by atoms with Crippen molar-refractivity contribution in [3.05, 3.63) is 34.2 Å². The van der Waals surface area contributed by atoms with Gasteiger partial charge >= 0.3 is 5.97 Å². The number of pyridine rings is 1. The van der Waals surface area contributed by atoms with E-state index in [4.69, 9.17) is 5.11 Å². The van der Waals surface area contributed by atoms with Crippen LogP contribution in [-0.4, -0.2) is 20.5 Å². The van der Waals surface area contributed by atoms with Crippen LogP contribution in [0.5, 0.6) is 0 Å². The summed E-state index contributed by atoms with van der Waals surface area (Å²) < 4.78 is 2.39. The molecule has 2 rings (SSSR count). The molecular formula is C9H7BrN2O2. The van der Waals surface area contributed by atoms with Crippen LogP contribution >= 0.6 is 15.9 Å². The highest BCUT2D eigenvalue weighted by Crippen LogP contribution is 2.17. The molecule has 0 aliphatic carbocycles. The van der Waals surface area contributed by atoms with Crippen LogP contribution in [0.2, 0.25) is 0 Å². The summed E-state index contributed by atoms with van der Waals surface area (Å²) in [5.74, 6) is -0.977. The maximum absolute atomic E-state index is 10.8. The summed E-state index contributed by atoms with van der Waals surface area (Å²) in [7, 11) is 0. The van der Waals surface area contributed by atoms with Gasteiger partial charge in [-0.25, -0.2) is 9.78 Å². The zero-order valence-electron chi connectivity index (χ0n) is 7.36. The Hall–Kier alpha value is -1.36. The van der Waals surface area contributed by atoms with Crippen LogP contribution in [0, 0.1) is 6.92 Å². The van der Waals surface area contributed by atoms with Crippen molar-refractivity contribution in [2.45, 2.75) is 6.92 Å². The zero-order valence-corrected chi connectivity index (χ0v) is 8.95. The first-order valence-corrected chi connectivity index (χ1v) is 4.75. The molecule has 0 radical (unpaired) electrons. The second kappa shape index (κ2) is 3.09. The number of nitrogens with zero attached hydrogens (tertiary/aromatic N) is 2. The number of rotatable bonds is 1. The largest absolute Gasteiger partial charge is 0.477 e. The number of halogens is 1. The second-order valence-electron chi connectivity index (χ2n) is 2.98. The summed E-state index contributed by atoms with van der Waals surface area (Å²) in [6.07, 6.45) is 3.05. The Labute approximate surface area is 88.3 Å². The highest BCUT2D eigenvalue weighted by molar-refractivity contribution is 9.10. The van der Waals surface area contributed by atoms with Crippen molar-refractivity contribution in [3.63, 3.8) is 0 Å². The van der Waals surface area contributed by atoms with Crippen LogP contribution in [0.1, 0.15) is 16.1 Å². The van der Waals surface area contributed by atoms with Gasteiger partial charge in [-0.15, -0.1) is 0 Å². The molecular weight excluding hydrogens is 248 g/mol. The third-order valence-corrected chi connectivity index (χ3v) is 2.41. The average molecular weight is 255 g/mol. The lowest BCUT2D eigenvalue weighted by molar-refractivity contribution is 0.0689. The third kappa shape index (κ3) is 1.29. The van der Waals surface area contributed by atoms with Gasteiger partial charge < -0.3 is 5.11 Å². The predicted molar refractivity (Wildman–Crippen MR) is 54.6 cm³/mol. The second-order valence-corrected chi connectivity index (χ2v) is 3.90. The molecule has 0 amide bonds. The van der Waals surface area contributed by atoms with E-state index in [1.54, 1.807) is 10.6 Å². The lowest BCUT2D eigenvalue weighted by atomic mass is 10.3. The lowest BCUT2D eigenvalue weighted by Crippen LogP contribution is -2.01. The third-order valence-electron chi connectivity index (χ3n) is 1.98. The normalized spacial score (nSPS) is 10.7. The molecule has 5 heteroatoms. The van der Waals surface area contributed by atoms with Gasteiger partial charge in [0, 0.05) is 10.7 Å². The zero-order chi connectivity index (χ0) is 10.3. The van der Waals surface area contributed by atoms with E-state index in [1.807, 2.05) is 13.0 Å². The van der Waals surface area contributed by atoms with Crippen molar-refractivity contribution in [3.8, 4) is 0 Å². The number of aryl methyl sites for hydroxylation is 1. The van der Waals surface area contributed by atoms with Gasteiger partial charge in [0.05, 0.1) is 6.20 Å². The van der Waals surface area contributed by atoms with Gasteiger partial charge in [-0.05, 0) is 34.5 Å². The molecule has 0 atom stereocenters. The summed E-state index contributed by atoms with van der Waals surface area (Å²) in [5, 5.41) is 8.88. The molecule has 0 aromatic carbocycles. The molecule has 0 fully saturated rings. The number of fused-ring (bicyclic) bond motifs is 1. The summed E-state index contributed by atoms with van der Waals surface area (Å²) in [4.78, 5) is 14.9. The summed E-state index contributed by atoms with van der Waals surface area (Å²) in [6.45, 7) is 1.89. The van der Waals surface area contributed by atoms with Gasteiger partial charge in [0.2, 0.25) is 0 Å². The van der Waals surface area contributed by atoms with Gasteiger partial charge in [0.15, 0.2) is 5.69 Å². The minimum Gasteiger partial charge on any atom is -0.477 e. The van der Waals surface area contributed by atoms with Gasteiger partial charge in [-0.2, -0.15) is 0 Å². The number of carbonyl (C=O) groups is 1. The molecule has 1 N–H and O–H groups in total. The van der Waals surface area contributed by atoms with Gasteiger partial charge in [0.25, 0.3) is 0 Å². The molecule has 0 aliphatic rings. The molecule has 0 saturated carbocycles. The maximum Gasteiger partial charge on any atom is 0.354 e. The quantitative estimate of drug-likeness (QED) is 0.848. The van der Waals surface area contributed by atoms with E-state index in [1.165, 1.54) is 6.20 Å². The van der Waals surface area contributed by atoms with Crippen LogP contribution in [0.3, 0.4) is 0 Å². The smallest absolute Gasteiger partial charge is 0.354 e. The minimum absolute atomic E-state index is 0.171. The van der Waals surface area contributed by atoms with Crippen molar-refractivity contribution in [2.75, 3.05) is 0 Å². The summed E-state index contributed by atoms with van der Waals surface area (Å²) in [5.41, 5.74) is 1.78. The number of carboxylic acid groups (broad SMARTS) is 1. The predicted octanol–water partition coefficient (Wildman–Crippen LogP) is 2.10. The van der Waals surface area contributed by atoms with E-state index < -0.39 is 5.97 Å². The fraction of sp³-hybridized carbons (Fsp3) is 0.111. The van der Waals surface area contributed by atoms with E-state index >= 15 is 0 Å². The number of hydrogen-bond donors (Lipinski definition) is 1. The van der Waals surface area contributed by atoms with E-state index in [0.29, 0.717) is 5.65 Å². The molecule has 0 spiro atoms. The fourth-order valence-corrected chi connectivity index (χ4v) is 1.92. The maximum atomic E-state index is 10.8. The number of carboxylic acids is 1. The number of aromatic nitrogens is 2. The highest BCUT2D eigenvalue weighted by atomic mass is 79.9. The number of hydrogen-bond acceptors (Lipinski definition) is 2. The Balaban J connectivity index is 2.85. The fourth-order valence-electron chi connectivity index (χ4n) is 1.37. The molecule has 2 aromatic rings. The lowest BCUT2D eigenvalue weighted by Gasteiger charge is -2.00. The van der Waals surface area contributed by atoms with Crippen molar-refractivity contribution in [1.82, 2.24) is 9.38 Å². The molecule has 2 heterocycles. The van der Waals surface area contributed by atoms with Crippen LogP contribution in [-0.2, 0) is 0 Å². The van der Waals surface area contributed by atoms with E-state index in [0.717, 1.165) is 10.0 Å². The number of aromatic carboxylic acids is 1. The molecule has 4 nitrogen and oxygen atoms in total. The monoisotopic (exact) mass is 254 g/mol. The van der Waals surface area contributed by atoms with Crippen LogP contribution in [0.15, 0.2) is 22.9 Å². The first kappa shape index (κ1) is 9.21. The van der Waals surface area contributed by atoms with Gasteiger partial charge in [-0.1, -0.05) is 0 Å². The van der Waals surface area contributed by atoms with Gasteiger partial charge in [0.1, 0.15) is 5.65 Å². The van der Waals surface area contributed by atoms with Crippen molar-refractivity contribution < 1.29 is 9.90 Å². The van der Waals surface area contributed by atoms with Crippen molar-refractivity contribution >= 4 is 27.5 Å². The topological polar surface area (TPSA) is 54.6 Å². The first-order chi connectivity index (χ1) is 6.59. The summed E-state index contributed by atoms with van der Waals surface area (Å²) >= 11 is 3.31. The molecule has 14 heavy (non-hydrogen) atoms. The molecule has 0 bridgehead atoms. The molecule has 72 valence electrons. The Morgan fingerprint density at radius 1 is 1.64 bits per heavy atom. The molecule has 2 aromatic heterocycles. The molecule has 0 unspecified atom stereocenters. The Morgan fingerprint density at radius 2 is 2.36 bits per heavy atom. The standard InChI is InChI=1S/C9H7BrN2O2/c1-5-2-6(10)4-12-7(9(13)14)3-11-8(5)12/h2-4H,1H3,(H,13,14). The highest BCUT2D eigenvalue weighted by Gasteiger charge is 2.11. The first-order valence-electron chi connectivity index (χ1n) is 3.96. The Kier molecular flexibility index (Phi) is 2.03. The Morgan fingerprint density at radius 3 is 3.00 bits per heavy atom. The van der Waals surface area contributed by atoms with Crippen molar-refractivity contribution in [2.24, 2.45) is 0 Å². The summed E-state index contributed by atoms with van der Waals surface area (Å²) in [6, 6.07) is 1.90. The molecule has 0 aliphatic heterocycles. The van der Waals surface area contributed by atoms with Gasteiger partial charge in [-0.3, -0.25) is 4.40 Å². The van der Waals surface area contributed by atoms with Crippen LogP contribution in [0.25, 0.3) is 5.65 Å². The van der Waals surface area contributed by atoms with Crippen molar-refractivity contribution in [1.29, 1.82) is 0 Å². The van der Waals surface area contributed by atoms with E-state index in [2.05, 4.69) is 20.9 Å². The van der Waals surface area contributed by atoms with Crippen LogP contribution in [0.4, 0.5) is 0 Å². The minimum atomic E-state index is -0.977.